The van der Waals surface area contributed by atoms with Crippen LogP contribution in [0.4, 0.5) is 5.69 Å². The highest BCUT2D eigenvalue weighted by Crippen LogP contribution is 2.28. The number of para-hydroxylation sites is 1. The smallest absolute Gasteiger partial charge is 0.373 e. The van der Waals surface area contributed by atoms with Crippen LogP contribution < -0.4 is 4.90 Å². The molecule has 0 atom stereocenters. The van der Waals surface area contributed by atoms with Crippen LogP contribution in [0.1, 0.15) is 26.7 Å². The van der Waals surface area contributed by atoms with Crippen LogP contribution in [0.15, 0.2) is 40.8 Å². The van der Waals surface area contributed by atoms with E-state index < -0.39 is 30.2 Å². The summed E-state index contributed by atoms with van der Waals surface area (Å²) in [5.74, 6) is -2.55. The largest absolute Gasteiger partial charge is 0.463 e. The number of Topliss-reactive ketones (excluding diaryl/α,β-unsaturated/α-hetero) is 1. The fraction of sp³-hybridized carbons (Fsp3) is 0.176. The van der Waals surface area contributed by atoms with Crippen molar-refractivity contribution in [3.63, 3.8) is 0 Å². The Morgan fingerprint density at radius 1 is 1.12 bits per heavy atom. The molecule has 1 aliphatic rings. The quantitative estimate of drug-likeness (QED) is 0.596. The van der Waals surface area contributed by atoms with Gasteiger partial charge in [0.1, 0.15) is 18.9 Å². The highest BCUT2D eigenvalue weighted by molar-refractivity contribution is 6.52. The van der Waals surface area contributed by atoms with Crippen LogP contribution >= 0.6 is 0 Å². The van der Waals surface area contributed by atoms with Gasteiger partial charge in [0.05, 0.1) is 18.4 Å². The van der Waals surface area contributed by atoms with E-state index in [1.165, 1.54) is 25.3 Å². The molecule has 0 aliphatic carbocycles. The third kappa shape index (κ3) is 3.14. The van der Waals surface area contributed by atoms with Gasteiger partial charge >= 0.3 is 11.9 Å². The van der Waals surface area contributed by atoms with Gasteiger partial charge in [-0.1, -0.05) is 12.1 Å². The van der Waals surface area contributed by atoms with Crippen LogP contribution in [0.5, 0.6) is 0 Å². The first kappa shape index (κ1) is 16.4. The summed E-state index contributed by atoms with van der Waals surface area (Å²) in [6.07, 6.45) is 0. The van der Waals surface area contributed by atoms with Crippen molar-refractivity contribution in [2.75, 3.05) is 18.6 Å². The van der Waals surface area contributed by atoms with E-state index in [1.54, 1.807) is 18.2 Å². The van der Waals surface area contributed by atoms with Gasteiger partial charge in [0.2, 0.25) is 5.76 Å². The average molecular weight is 343 g/mol. The van der Waals surface area contributed by atoms with Crippen molar-refractivity contribution < 1.29 is 33.1 Å². The first-order valence-corrected chi connectivity index (χ1v) is 7.29. The van der Waals surface area contributed by atoms with Crippen molar-refractivity contribution in [1.29, 1.82) is 0 Å². The van der Waals surface area contributed by atoms with E-state index in [1.807, 2.05) is 0 Å². The second-order valence-electron chi connectivity index (χ2n) is 5.16. The number of carbonyl (C=O) groups excluding carboxylic acids is 4. The van der Waals surface area contributed by atoms with Crippen molar-refractivity contribution in [2.45, 2.75) is 6.61 Å². The number of nitrogens with zero attached hydrogens (tertiary/aromatic N) is 1. The third-order valence-corrected chi connectivity index (χ3v) is 3.59. The molecule has 0 radical (unpaired) electrons. The summed E-state index contributed by atoms with van der Waals surface area (Å²) in [6, 6.07) is 9.29. The second kappa shape index (κ2) is 6.60. The summed E-state index contributed by atoms with van der Waals surface area (Å²) in [5, 5.41) is 0. The molecule has 1 aromatic heterocycles. The van der Waals surface area contributed by atoms with E-state index in [0.717, 1.165) is 4.90 Å². The number of methoxy groups -OCH3 is 1. The minimum atomic E-state index is -0.774. The van der Waals surface area contributed by atoms with E-state index in [4.69, 9.17) is 9.15 Å². The summed E-state index contributed by atoms with van der Waals surface area (Å²) in [5.41, 5.74) is 0.634. The fourth-order valence-corrected chi connectivity index (χ4v) is 2.40. The number of amides is 1. The molecule has 2 heterocycles. The number of anilines is 1. The molecule has 0 unspecified atom stereocenters. The molecule has 128 valence electrons. The fourth-order valence-electron chi connectivity index (χ4n) is 2.40. The molecule has 25 heavy (non-hydrogen) atoms. The van der Waals surface area contributed by atoms with Crippen LogP contribution in [0, 0.1) is 0 Å². The Morgan fingerprint density at radius 2 is 1.88 bits per heavy atom. The zero-order valence-electron chi connectivity index (χ0n) is 13.2. The summed E-state index contributed by atoms with van der Waals surface area (Å²) in [6.45, 7) is -0.612. The molecule has 3 rings (SSSR count). The van der Waals surface area contributed by atoms with Crippen molar-refractivity contribution in [2.24, 2.45) is 0 Å². The molecule has 0 N–H and O–H groups in total. The second-order valence-corrected chi connectivity index (χ2v) is 5.16. The highest BCUT2D eigenvalue weighted by Gasteiger charge is 2.36. The topological polar surface area (TPSA) is 103 Å². The number of esters is 2. The summed E-state index contributed by atoms with van der Waals surface area (Å²) in [7, 11) is 1.22. The number of furan rings is 1. The van der Waals surface area contributed by atoms with Crippen molar-refractivity contribution >= 4 is 29.3 Å². The predicted octanol–water partition coefficient (Wildman–Crippen LogP) is 1.34. The Bertz CT molecular complexity index is 867. The minimum absolute atomic E-state index is 0.0113. The normalized spacial score (nSPS) is 12.9. The number of ketones is 1. The molecule has 0 saturated carbocycles. The molecule has 0 spiro atoms. The number of hydrogen-bond acceptors (Lipinski definition) is 7. The summed E-state index contributed by atoms with van der Waals surface area (Å²) in [4.78, 5) is 48.2. The van der Waals surface area contributed by atoms with Gasteiger partial charge in [-0.3, -0.25) is 19.3 Å². The van der Waals surface area contributed by atoms with E-state index >= 15 is 0 Å². The maximum Gasteiger partial charge on any atom is 0.373 e. The van der Waals surface area contributed by atoms with E-state index in [0.29, 0.717) is 5.69 Å². The molecule has 0 fully saturated rings. The number of rotatable bonds is 5. The van der Waals surface area contributed by atoms with Gasteiger partial charge in [-0.15, -0.1) is 0 Å². The number of carbonyl (C=O) groups is 4. The molecule has 8 nitrogen and oxygen atoms in total. The number of ether oxygens (including phenoxy) is 2. The summed E-state index contributed by atoms with van der Waals surface area (Å²) >= 11 is 0. The Labute approximate surface area is 141 Å². The first-order valence-electron chi connectivity index (χ1n) is 7.29. The van der Waals surface area contributed by atoms with Gasteiger partial charge in [0, 0.05) is 0 Å². The maximum atomic E-state index is 12.0. The lowest BCUT2D eigenvalue weighted by molar-refractivity contribution is -0.144. The molecule has 1 aliphatic heterocycles. The van der Waals surface area contributed by atoms with E-state index in [-0.39, 0.29) is 23.7 Å². The van der Waals surface area contributed by atoms with Gasteiger partial charge < -0.3 is 13.9 Å². The monoisotopic (exact) mass is 343 g/mol. The summed E-state index contributed by atoms with van der Waals surface area (Å²) < 4.78 is 14.7. The van der Waals surface area contributed by atoms with Gasteiger partial charge in [0.25, 0.3) is 11.7 Å². The number of fused-ring (bicyclic) bond motifs is 1. The Balaban J connectivity index is 1.62. The molecule has 2 aromatic rings. The van der Waals surface area contributed by atoms with E-state index in [2.05, 4.69) is 4.74 Å². The lowest BCUT2D eigenvalue weighted by atomic mass is 10.1. The van der Waals surface area contributed by atoms with E-state index in [9.17, 15) is 19.2 Å². The van der Waals surface area contributed by atoms with Gasteiger partial charge in [0.15, 0.2) is 0 Å². The maximum absolute atomic E-state index is 12.0. The Hall–Kier alpha value is -3.42. The SMILES string of the molecule is COC(=O)c1ccc(COC(=O)CN2C(=O)C(=O)c3ccccc32)o1. The standard InChI is InChI=1S/C17H13NO7/c1-23-17(22)13-7-6-10(25-13)9-24-14(19)8-18-12-5-3-2-4-11(12)15(20)16(18)21/h2-7H,8-9H2,1H3. The minimum Gasteiger partial charge on any atom is -0.463 e. The molecular formula is C17H13NO7. The van der Waals surface area contributed by atoms with Crippen molar-refractivity contribution in [3.8, 4) is 0 Å². The number of benzene rings is 1. The number of hydrogen-bond donors (Lipinski definition) is 0. The molecule has 0 bridgehead atoms. The Morgan fingerprint density at radius 3 is 2.64 bits per heavy atom. The van der Waals surface area contributed by atoms with Gasteiger partial charge in [-0.25, -0.2) is 4.79 Å². The molecular weight excluding hydrogens is 330 g/mol. The first-order chi connectivity index (χ1) is 12.0. The van der Waals surface area contributed by atoms with Crippen LogP contribution in [0.25, 0.3) is 0 Å². The lowest BCUT2D eigenvalue weighted by Gasteiger charge is -2.15. The highest BCUT2D eigenvalue weighted by atomic mass is 16.6. The van der Waals surface area contributed by atoms with Gasteiger partial charge in [-0.2, -0.15) is 0 Å². The van der Waals surface area contributed by atoms with Crippen molar-refractivity contribution in [1.82, 2.24) is 0 Å². The van der Waals surface area contributed by atoms with Crippen LogP contribution in [0.3, 0.4) is 0 Å². The molecule has 0 saturated heterocycles. The third-order valence-electron chi connectivity index (χ3n) is 3.59. The lowest BCUT2D eigenvalue weighted by Crippen LogP contribution is -2.35. The van der Waals surface area contributed by atoms with Crippen molar-refractivity contribution in [3.05, 3.63) is 53.5 Å². The zero-order valence-corrected chi connectivity index (χ0v) is 13.2. The molecule has 1 amide bonds. The van der Waals surface area contributed by atoms with Crippen LogP contribution in [-0.2, 0) is 25.7 Å². The average Bonchev–Trinajstić information content (AvgIpc) is 3.19. The zero-order chi connectivity index (χ0) is 18.0. The van der Waals surface area contributed by atoms with Crippen LogP contribution in [-0.4, -0.2) is 37.3 Å². The predicted molar refractivity (Wildman–Crippen MR) is 83.0 cm³/mol. The molecule has 8 heteroatoms. The van der Waals surface area contributed by atoms with Crippen LogP contribution in [0.2, 0.25) is 0 Å². The van der Waals surface area contributed by atoms with Gasteiger partial charge in [-0.05, 0) is 24.3 Å². The Kier molecular flexibility index (Phi) is 4.34. The molecule has 1 aromatic carbocycles.